The fourth-order valence-corrected chi connectivity index (χ4v) is 3.65. The standard InChI is InChI=1S/C25H41N13O4/c1-5-37(6-2)24-33-20(26-12-16(41)14-39)31-22(35-24)29-18-10-9-11-19(28-18)30-23-32-21(27-13-17(42)15-40)34-25(36-23)38(7-3)8-4/h9-11,16-17,39-42H,5-8,12-15H2,1-4H3,(H4,26,27,28,29,30,31,32,33,34,35,36). The third-order valence-electron chi connectivity index (χ3n) is 5.98. The normalized spacial score (nSPS) is 12.4. The van der Waals surface area contributed by atoms with Gasteiger partial charge in [-0.3, -0.25) is 0 Å². The van der Waals surface area contributed by atoms with E-state index in [1.54, 1.807) is 18.2 Å². The number of aromatic nitrogens is 7. The van der Waals surface area contributed by atoms with Gasteiger partial charge in [0.15, 0.2) is 0 Å². The number of hydrogen-bond acceptors (Lipinski definition) is 17. The molecule has 0 aliphatic heterocycles. The third kappa shape index (κ3) is 9.44. The van der Waals surface area contributed by atoms with E-state index in [1.807, 2.05) is 37.5 Å². The van der Waals surface area contributed by atoms with Crippen LogP contribution in [0.5, 0.6) is 0 Å². The van der Waals surface area contributed by atoms with Crippen LogP contribution in [0.15, 0.2) is 18.2 Å². The minimum atomic E-state index is -0.965. The van der Waals surface area contributed by atoms with E-state index >= 15 is 0 Å². The zero-order valence-corrected chi connectivity index (χ0v) is 24.4. The van der Waals surface area contributed by atoms with Gasteiger partial charge in [0.2, 0.25) is 35.7 Å². The lowest BCUT2D eigenvalue weighted by atomic mass is 10.4. The van der Waals surface area contributed by atoms with E-state index in [0.29, 0.717) is 49.7 Å². The molecule has 3 aromatic rings. The van der Waals surface area contributed by atoms with Gasteiger partial charge in [-0.25, -0.2) is 4.98 Å². The molecule has 0 bridgehead atoms. The van der Waals surface area contributed by atoms with Gasteiger partial charge in [-0.1, -0.05) is 6.07 Å². The molecule has 0 aliphatic rings. The van der Waals surface area contributed by atoms with Gasteiger partial charge in [0, 0.05) is 39.3 Å². The molecule has 0 amide bonds. The van der Waals surface area contributed by atoms with Crippen molar-refractivity contribution in [3.63, 3.8) is 0 Å². The zero-order chi connectivity index (χ0) is 30.5. The largest absolute Gasteiger partial charge is 0.394 e. The van der Waals surface area contributed by atoms with Crippen LogP contribution in [0.4, 0.5) is 47.3 Å². The lowest BCUT2D eigenvalue weighted by molar-refractivity contribution is 0.105. The molecule has 3 aromatic heterocycles. The highest BCUT2D eigenvalue weighted by Crippen LogP contribution is 2.21. The van der Waals surface area contributed by atoms with Crippen LogP contribution in [0.3, 0.4) is 0 Å². The van der Waals surface area contributed by atoms with Crippen LogP contribution in [0, 0.1) is 0 Å². The van der Waals surface area contributed by atoms with Gasteiger partial charge >= 0.3 is 0 Å². The maximum Gasteiger partial charge on any atom is 0.235 e. The van der Waals surface area contributed by atoms with Gasteiger partial charge in [0.05, 0.1) is 25.4 Å². The Kier molecular flexibility index (Phi) is 12.5. The smallest absolute Gasteiger partial charge is 0.235 e. The Morgan fingerprint density at radius 1 is 0.595 bits per heavy atom. The maximum atomic E-state index is 9.74. The van der Waals surface area contributed by atoms with Crippen molar-refractivity contribution in [3.05, 3.63) is 18.2 Å². The van der Waals surface area contributed by atoms with Gasteiger partial charge in [-0.15, -0.1) is 0 Å². The minimum Gasteiger partial charge on any atom is -0.394 e. The first-order valence-corrected chi connectivity index (χ1v) is 13.9. The predicted octanol–water partition coefficient (Wildman–Crippen LogP) is 0.161. The Bertz CT molecular complexity index is 1160. The molecule has 0 spiro atoms. The SMILES string of the molecule is CCN(CC)c1nc(NCC(O)CO)nc(Nc2cccc(Nc3nc(NCC(O)CO)nc(N(CC)CC)n3)n2)n1. The summed E-state index contributed by atoms with van der Waals surface area (Å²) in [6.07, 6.45) is -1.93. The summed E-state index contributed by atoms with van der Waals surface area (Å²) < 4.78 is 0. The number of aliphatic hydroxyl groups is 4. The summed E-state index contributed by atoms with van der Waals surface area (Å²) >= 11 is 0. The summed E-state index contributed by atoms with van der Waals surface area (Å²) in [4.78, 5) is 35.2. The van der Waals surface area contributed by atoms with Crippen LogP contribution in [0.1, 0.15) is 27.7 Å². The number of nitrogens with zero attached hydrogens (tertiary/aromatic N) is 9. The van der Waals surface area contributed by atoms with Crippen molar-refractivity contribution in [2.75, 3.05) is 83.5 Å². The second-order valence-electron chi connectivity index (χ2n) is 9.00. The second-order valence-corrected chi connectivity index (χ2v) is 9.00. The first-order chi connectivity index (χ1) is 20.3. The van der Waals surface area contributed by atoms with Crippen molar-refractivity contribution in [1.29, 1.82) is 0 Å². The van der Waals surface area contributed by atoms with Crippen molar-refractivity contribution in [3.8, 4) is 0 Å². The van der Waals surface area contributed by atoms with E-state index in [2.05, 4.69) is 56.2 Å². The Morgan fingerprint density at radius 2 is 0.976 bits per heavy atom. The van der Waals surface area contributed by atoms with Gasteiger partial charge in [-0.2, -0.15) is 29.9 Å². The van der Waals surface area contributed by atoms with Gasteiger partial charge in [0.25, 0.3) is 0 Å². The molecule has 0 aliphatic carbocycles. The molecule has 17 heteroatoms. The summed E-state index contributed by atoms with van der Waals surface area (Å²) in [6.45, 7) is 9.99. The fraction of sp³-hybridized carbons (Fsp3) is 0.560. The molecule has 2 atom stereocenters. The highest BCUT2D eigenvalue weighted by atomic mass is 16.3. The first-order valence-electron chi connectivity index (χ1n) is 13.9. The molecule has 42 heavy (non-hydrogen) atoms. The predicted molar refractivity (Wildman–Crippen MR) is 161 cm³/mol. The maximum absolute atomic E-state index is 9.74. The van der Waals surface area contributed by atoms with E-state index in [-0.39, 0.29) is 36.9 Å². The second kappa shape index (κ2) is 16.3. The minimum absolute atomic E-state index is 0.0620. The molecule has 0 aromatic carbocycles. The molecule has 0 saturated carbocycles. The van der Waals surface area contributed by atoms with Crippen LogP contribution in [0.2, 0.25) is 0 Å². The molecule has 2 unspecified atom stereocenters. The number of nitrogens with one attached hydrogen (secondary N) is 4. The number of anilines is 8. The lowest BCUT2D eigenvalue weighted by Gasteiger charge is -2.20. The summed E-state index contributed by atoms with van der Waals surface area (Å²) in [5.41, 5.74) is 0. The number of pyridine rings is 1. The van der Waals surface area contributed by atoms with Crippen LogP contribution >= 0.6 is 0 Å². The molecule has 0 fully saturated rings. The summed E-state index contributed by atoms with van der Waals surface area (Å²) in [5.74, 6) is 2.67. The average Bonchev–Trinajstić information content (AvgIpc) is 3.00. The highest BCUT2D eigenvalue weighted by Gasteiger charge is 2.15. The van der Waals surface area contributed by atoms with Crippen molar-refractivity contribution in [1.82, 2.24) is 34.9 Å². The Balaban J connectivity index is 1.86. The van der Waals surface area contributed by atoms with Crippen LogP contribution in [-0.2, 0) is 0 Å². The van der Waals surface area contributed by atoms with E-state index in [9.17, 15) is 10.2 Å². The van der Waals surface area contributed by atoms with Crippen molar-refractivity contribution in [2.45, 2.75) is 39.9 Å². The number of hydrogen-bond donors (Lipinski definition) is 8. The number of rotatable bonds is 18. The van der Waals surface area contributed by atoms with Crippen LogP contribution in [-0.4, -0.2) is 120 Å². The Morgan fingerprint density at radius 3 is 1.33 bits per heavy atom. The van der Waals surface area contributed by atoms with Crippen LogP contribution in [0.25, 0.3) is 0 Å². The highest BCUT2D eigenvalue weighted by molar-refractivity contribution is 5.58. The lowest BCUT2D eigenvalue weighted by Crippen LogP contribution is -2.27. The van der Waals surface area contributed by atoms with Crippen molar-refractivity contribution in [2.24, 2.45) is 0 Å². The Labute approximate surface area is 244 Å². The molecule has 0 saturated heterocycles. The molecular formula is C25H41N13O4. The zero-order valence-electron chi connectivity index (χ0n) is 24.4. The van der Waals surface area contributed by atoms with E-state index < -0.39 is 25.4 Å². The summed E-state index contributed by atoms with van der Waals surface area (Å²) in [7, 11) is 0. The molecule has 17 nitrogen and oxygen atoms in total. The average molecular weight is 588 g/mol. The number of aliphatic hydroxyl groups excluding tert-OH is 4. The van der Waals surface area contributed by atoms with E-state index in [1.165, 1.54) is 0 Å². The van der Waals surface area contributed by atoms with Crippen LogP contribution < -0.4 is 31.1 Å². The molecule has 3 heterocycles. The molecule has 3 rings (SSSR count). The summed E-state index contributed by atoms with van der Waals surface area (Å²) in [6, 6.07) is 5.27. The van der Waals surface area contributed by atoms with Gasteiger partial charge in [-0.05, 0) is 39.8 Å². The van der Waals surface area contributed by atoms with Gasteiger partial charge in [0.1, 0.15) is 11.6 Å². The quantitative estimate of drug-likeness (QED) is 0.0991. The molecule has 8 N–H and O–H groups in total. The first kappa shape index (κ1) is 32.3. The molecule has 0 radical (unpaired) electrons. The Hall–Kier alpha value is -4.19. The van der Waals surface area contributed by atoms with Crippen molar-refractivity contribution < 1.29 is 20.4 Å². The molecular weight excluding hydrogens is 546 g/mol. The fourth-order valence-electron chi connectivity index (χ4n) is 3.65. The molecule has 230 valence electrons. The van der Waals surface area contributed by atoms with Crippen molar-refractivity contribution >= 4 is 47.3 Å². The van der Waals surface area contributed by atoms with E-state index in [4.69, 9.17) is 10.2 Å². The topological polar surface area (TPSA) is 226 Å². The van der Waals surface area contributed by atoms with E-state index in [0.717, 1.165) is 0 Å². The monoisotopic (exact) mass is 587 g/mol. The summed E-state index contributed by atoms with van der Waals surface area (Å²) in [5, 5.41) is 49.8. The third-order valence-corrected chi connectivity index (χ3v) is 5.98. The van der Waals surface area contributed by atoms with Gasteiger partial charge < -0.3 is 51.5 Å².